The lowest BCUT2D eigenvalue weighted by Crippen LogP contribution is -2.84. The molecule has 0 aromatic heterocycles. The van der Waals surface area contributed by atoms with E-state index >= 15 is 4.39 Å². The summed E-state index contributed by atoms with van der Waals surface area (Å²) < 4.78 is 49.5. The molecule has 1 spiro atoms. The van der Waals surface area contributed by atoms with E-state index in [1.165, 1.54) is 6.07 Å². The molecule has 7 nitrogen and oxygen atoms in total. The second-order valence-corrected chi connectivity index (χ2v) is 9.64. The number of carboxylic acid groups (broad SMARTS) is 1. The Kier molecular flexibility index (Phi) is 5.65. The van der Waals surface area contributed by atoms with E-state index in [-0.39, 0.29) is 30.2 Å². The second-order valence-electron chi connectivity index (χ2n) is 8.51. The molecule has 1 amide bonds. The van der Waals surface area contributed by atoms with E-state index < -0.39 is 52.2 Å². The molecule has 3 aliphatic rings. The first-order chi connectivity index (χ1) is 16.2. The fourth-order valence-electron chi connectivity index (χ4n) is 5.00. The van der Waals surface area contributed by atoms with Gasteiger partial charge in [0, 0.05) is 17.2 Å². The zero-order valence-corrected chi connectivity index (χ0v) is 18.4. The van der Waals surface area contributed by atoms with Crippen LogP contribution >= 0.6 is 11.8 Å². The van der Waals surface area contributed by atoms with Gasteiger partial charge in [-0.15, -0.1) is 0 Å². The highest BCUT2D eigenvalue weighted by Gasteiger charge is 2.71. The fraction of sp³-hybridized carbons (Fsp3) is 0.348. The van der Waals surface area contributed by atoms with Gasteiger partial charge in [-0.2, -0.15) is 0 Å². The monoisotopic (exact) mass is 491 g/mol. The first kappa shape index (κ1) is 22.9. The zero-order valence-electron chi connectivity index (χ0n) is 17.6. The van der Waals surface area contributed by atoms with Gasteiger partial charge in [-0.05, 0) is 24.6 Å². The number of hydrogen-bond acceptors (Lipinski definition) is 6. The van der Waals surface area contributed by atoms with Gasteiger partial charge >= 0.3 is 5.97 Å². The van der Waals surface area contributed by atoms with Crippen LogP contribution in [0.2, 0.25) is 0 Å². The average molecular weight is 491 g/mol. The molecule has 2 aromatic rings. The Morgan fingerprint density at radius 2 is 2.00 bits per heavy atom. The molecule has 0 aliphatic carbocycles. The van der Waals surface area contributed by atoms with Crippen LogP contribution in [0.5, 0.6) is 0 Å². The van der Waals surface area contributed by atoms with Gasteiger partial charge in [0.25, 0.3) is 5.91 Å². The molecule has 0 bridgehead atoms. The van der Waals surface area contributed by atoms with Gasteiger partial charge in [0.15, 0.2) is 11.5 Å². The molecule has 5 atom stereocenters. The third-order valence-corrected chi connectivity index (χ3v) is 7.84. The van der Waals surface area contributed by atoms with Crippen molar-refractivity contribution in [3.63, 3.8) is 0 Å². The van der Waals surface area contributed by atoms with Crippen molar-refractivity contribution in [1.29, 1.82) is 0 Å². The van der Waals surface area contributed by atoms with Crippen LogP contribution in [0.4, 0.5) is 13.2 Å². The summed E-state index contributed by atoms with van der Waals surface area (Å²) in [6, 6.07) is 11.4. The van der Waals surface area contributed by atoms with Gasteiger partial charge in [-0.3, -0.25) is 14.9 Å². The number of rotatable bonds is 4. The quantitative estimate of drug-likeness (QED) is 0.569. The van der Waals surface area contributed by atoms with Crippen LogP contribution < -0.4 is 10.6 Å². The van der Waals surface area contributed by atoms with Gasteiger partial charge in [0.1, 0.15) is 17.2 Å². The van der Waals surface area contributed by atoms with Gasteiger partial charge in [-0.1, -0.05) is 36.0 Å². The van der Waals surface area contributed by atoms with Gasteiger partial charge in [-0.25, -0.2) is 18.2 Å². The summed E-state index contributed by atoms with van der Waals surface area (Å²) >= 11 is 0.993. The minimum atomic E-state index is -1.56. The van der Waals surface area contributed by atoms with Crippen molar-refractivity contribution >= 4 is 28.8 Å². The molecule has 11 heteroatoms. The van der Waals surface area contributed by atoms with Gasteiger partial charge < -0.3 is 15.2 Å². The van der Waals surface area contributed by atoms with E-state index in [1.54, 1.807) is 30.3 Å². The smallest absolute Gasteiger partial charge is 0.305 e. The van der Waals surface area contributed by atoms with E-state index in [1.807, 2.05) is 0 Å². The number of aliphatic carboxylic acids is 1. The van der Waals surface area contributed by atoms with E-state index in [9.17, 15) is 23.5 Å². The minimum absolute atomic E-state index is 0.0289. The molecular weight excluding hydrogens is 471 g/mol. The summed E-state index contributed by atoms with van der Waals surface area (Å²) in [6.45, 7) is -0.283. The number of hydrogen-bond donors (Lipinski definition) is 3. The van der Waals surface area contributed by atoms with Crippen molar-refractivity contribution in [2.24, 2.45) is 4.99 Å². The molecule has 34 heavy (non-hydrogen) atoms. The zero-order chi connectivity index (χ0) is 24.1. The number of benzene rings is 2. The standard InChI is InChI=1S/C23H20F3N3O4S/c24-13-6-7-15(16(25)8-13)23-11-33-14(9-17(30)31)10-22(23)18(19(26)28-22)34-21(29-23)27-20(32)12-4-2-1-3-5-12/h1-8,14,18-19,28H,9-11H2,(H,30,31)(H,27,29,32). The molecule has 0 radical (unpaired) electrons. The molecule has 3 heterocycles. The van der Waals surface area contributed by atoms with Crippen LogP contribution in [-0.4, -0.2) is 51.9 Å². The van der Waals surface area contributed by atoms with Crippen molar-refractivity contribution in [3.8, 4) is 0 Å². The van der Waals surface area contributed by atoms with Crippen LogP contribution in [0.3, 0.4) is 0 Å². The number of amides is 1. The molecule has 5 unspecified atom stereocenters. The van der Waals surface area contributed by atoms with E-state index in [0.717, 1.165) is 17.8 Å². The maximum absolute atomic E-state index is 15.1. The molecule has 3 aliphatic heterocycles. The fourth-order valence-corrected chi connectivity index (χ4v) is 6.35. The normalized spacial score (nSPS) is 32.0. The third kappa shape index (κ3) is 3.58. The number of ether oxygens (including phenoxy) is 1. The number of carbonyl (C=O) groups excluding carboxylic acids is 1. The Hall–Kier alpha value is -2.89. The third-order valence-electron chi connectivity index (χ3n) is 6.53. The van der Waals surface area contributed by atoms with Crippen LogP contribution in [0.15, 0.2) is 53.5 Å². The van der Waals surface area contributed by atoms with Crippen molar-refractivity contribution in [2.75, 3.05) is 6.61 Å². The Morgan fingerprint density at radius 3 is 2.68 bits per heavy atom. The maximum Gasteiger partial charge on any atom is 0.305 e. The summed E-state index contributed by atoms with van der Waals surface area (Å²) in [7, 11) is 0. The Morgan fingerprint density at radius 1 is 1.24 bits per heavy atom. The number of nitrogens with zero attached hydrogens (tertiary/aromatic N) is 1. The number of aliphatic imine (C=N–C) groups is 1. The topological polar surface area (TPSA) is 100 Å². The largest absolute Gasteiger partial charge is 0.481 e. The Labute approximate surface area is 196 Å². The predicted molar refractivity (Wildman–Crippen MR) is 118 cm³/mol. The number of amidine groups is 1. The summed E-state index contributed by atoms with van der Waals surface area (Å²) in [6.07, 6.45) is -2.55. The summed E-state index contributed by atoms with van der Waals surface area (Å²) in [5.41, 5.74) is -2.43. The van der Waals surface area contributed by atoms with Crippen molar-refractivity contribution in [1.82, 2.24) is 10.6 Å². The number of thioether (sulfide) groups is 1. The lowest BCUT2D eigenvalue weighted by molar-refractivity contribution is -0.155. The number of carbonyl (C=O) groups is 2. The highest BCUT2D eigenvalue weighted by atomic mass is 32.2. The lowest BCUT2D eigenvalue weighted by atomic mass is 9.62. The van der Waals surface area contributed by atoms with Crippen LogP contribution in [0.25, 0.3) is 0 Å². The molecule has 2 aromatic carbocycles. The maximum atomic E-state index is 15.1. The van der Waals surface area contributed by atoms with Crippen molar-refractivity contribution in [2.45, 2.75) is 41.6 Å². The summed E-state index contributed by atoms with van der Waals surface area (Å²) in [4.78, 5) is 28.7. The molecule has 5 rings (SSSR count). The minimum Gasteiger partial charge on any atom is -0.481 e. The molecule has 3 N–H and O–H groups in total. The highest BCUT2D eigenvalue weighted by molar-refractivity contribution is 8.14. The van der Waals surface area contributed by atoms with E-state index in [2.05, 4.69) is 15.6 Å². The van der Waals surface area contributed by atoms with E-state index in [0.29, 0.717) is 11.6 Å². The second kappa shape index (κ2) is 8.40. The predicted octanol–water partition coefficient (Wildman–Crippen LogP) is 2.96. The van der Waals surface area contributed by atoms with Crippen LogP contribution in [0, 0.1) is 11.6 Å². The van der Waals surface area contributed by atoms with Crippen molar-refractivity contribution < 1.29 is 32.6 Å². The molecule has 0 saturated carbocycles. The van der Waals surface area contributed by atoms with E-state index in [4.69, 9.17) is 4.74 Å². The number of carboxylic acids is 1. The first-order valence-electron chi connectivity index (χ1n) is 10.6. The Balaban J connectivity index is 1.60. The first-order valence-corrected chi connectivity index (χ1v) is 11.5. The lowest BCUT2D eigenvalue weighted by Gasteiger charge is -2.65. The van der Waals surface area contributed by atoms with Crippen LogP contribution in [0.1, 0.15) is 28.8 Å². The summed E-state index contributed by atoms with van der Waals surface area (Å²) in [5, 5.41) is 14.0. The molecular formula is C23H20F3N3O4S. The number of nitrogens with one attached hydrogen (secondary N) is 2. The number of halogens is 3. The molecule has 178 valence electrons. The van der Waals surface area contributed by atoms with Gasteiger partial charge in [0.05, 0.1) is 29.9 Å². The Bertz CT molecular complexity index is 1180. The SMILES string of the molecule is O=C(O)CC1CC23NC(F)C2SC(NC(=O)c2ccccc2)=NC3(c2ccc(F)cc2F)CO1. The average Bonchev–Trinajstić information content (AvgIpc) is 2.79. The van der Waals surface area contributed by atoms with Crippen LogP contribution in [-0.2, 0) is 15.1 Å². The van der Waals surface area contributed by atoms with Crippen molar-refractivity contribution in [3.05, 3.63) is 71.3 Å². The summed E-state index contributed by atoms with van der Waals surface area (Å²) in [5.74, 6) is -3.25. The molecule has 2 saturated heterocycles. The highest BCUT2D eigenvalue weighted by Crippen LogP contribution is 2.58. The molecule has 2 fully saturated rings. The van der Waals surface area contributed by atoms with Gasteiger partial charge in [0.2, 0.25) is 0 Å². The number of alkyl halides is 1.